The molecule has 0 spiro atoms. The average molecular weight is 427 g/mol. The second-order valence-electron chi connectivity index (χ2n) is 6.60. The lowest BCUT2D eigenvalue weighted by molar-refractivity contribution is -0.148. The number of carbonyl (C=O) groups is 2. The summed E-state index contributed by atoms with van der Waals surface area (Å²) in [6, 6.07) is 5.85. The number of rotatable bonds is 10. The summed E-state index contributed by atoms with van der Waals surface area (Å²) in [5.74, 6) is -4.88. The van der Waals surface area contributed by atoms with Crippen molar-refractivity contribution >= 4 is 11.7 Å². The van der Waals surface area contributed by atoms with Gasteiger partial charge < -0.3 is 10.1 Å². The van der Waals surface area contributed by atoms with Gasteiger partial charge in [-0.2, -0.15) is 8.78 Å². The van der Waals surface area contributed by atoms with Gasteiger partial charge in [0.25, 0.3) is 5.91 Å². The van der Waals surface area contributed by atoms with Crippen molar-refractivity contribution in [1.29, 1.82) is 0 Å². The average Bonchev–Trinajstić information content (AvgIpc) is 2.70. The lowest BCUT2D eigenvalue weighted by atomic mass is 10.1. The molecule has 162 valence electrons. The first kappa shape index (κ1) is 23.2. The summed E-state index contributed by atoms with van der Waals surface area (Å²) < 4.78 is 54.5. The summed E-state index contributed by atoms with van der Waals surface area (Å²) in [7, 11) is 0. The number of pyridine rings is 2. The van der Waals surface area contributed by atoms with Crippen molar-refractivity contribution in [1.82, 2.24) is 15.3 Å². The van der Waals surface area contributed by atoms with Crippen LogP contribution >= 0.6 is 0 Å². The van der Waals surface area contributed by atoms with E-state index in [4.69, 9.17) is 0 Å². The van der Waals surface area contributed by atoms with Crippen LogP contribution in [-0.4, -0.2) is 40.6 Å². The summed E-state index contributed by atoms with van der Waals surface area (Å²) >= 11 is 0. The number of amides is 1. The van der Waals surface area contributed by atoms with Crippen LogP contribution in [0.25, 0.3) is 0 Å². The van der Waals surface area contributed by atoms with E-state index < -0.39 is 19.0 Å². The molecule has 0 aliphatic carbocycles. The molecular weight excluding hydrogens is 406 g/mol. The third-order valence-corrected chi connectivity index (χ3v) is 4.02. The van der Waals surface area contributed by atoms with E-state index in [1.165, 1.54) is 18.3 Å². The Hall–Kier alpha value is -3.04. The van der Waals surface area contributed by atoms with Crippen molar-refractivity contribution in [2.24, 2.45) is 0 Å². The van der Waals surface area contributed by atoms with Crippen LogP contribution in [0, 0.1) is 6.92 Å². The van der Waals surface area contributed by atoms with Gasteiger partial charge in [0, 0.05) is 48.6 Å². The molecule has 2 heterocycles. The fourth-order valence-electron chi connectivity index (χ4n) is 2.40. The molecule has 2 rings (SSSR count). The quantitative estimate of drug-likeness (QED) is 0.587. The monoisotopic (exact) mass is 427 g/mol. The second-order valence-corrected chi connectivity index (χ2v) is 6.60. The van der Waals surface area contributed by atoms with Crippen LogP contribution in [0.4, 0.5) is 17.6 Å². The van der Waals surface area contributed by atoms with Crippen LogP contribution in [0.1, 0.15) is 40.7 Å². The largest absolute Gasteiger partial charge is 0.471 e. The zero-order chi connectivity index (χ0) is 22.3. The van der Waals surface area contributed by atoms with Gasteiger partial charge in [-0.05, 0) is 24.6 Å². The lowest BCUT2D eigenvalue weighted by Gasteiger charge is -2.15. The molecule has 2 aromatic rings. The molecule has 30 heavy (non-hydrogen) atoms. The Morgan fingerprint density at radius 2 is 1.97 bits per heavy atom. The SMILES string of the molecule is CCC(=O)Cc1cc(C(=O)NCc2ccc(OCC(F)(F)C(F)F)nc2)cc(C)n1. The molecule has 0 saturated carbocycles. The van der Waals surface area contributed by atoms with E-state index in [1.54, 1.807) is 26.0 Å². The van der Waals surface area contributed by atoms with E-state index in [0.717, 1.165) is 0 Å². The zero-order valence-electron chi connectivity index (χ0n) is 16.4. The number of aromatic nitrogens is 2. The summed E-state index contributed by atoms with van der Waals surface area (Å²) in [5, 5.41) is 2.68. The second kappa shape index (κ2) is 10.1. The molecule has 2 aromatic heterocycles. The van der Waals surface area contributed by atoms with Crippen LogP contribution in [0.2, 0.25) is 0 Å². The molecule has 0 saturated heterocycles. The van der Waals surface area contributed by atoms with Crippen molar-refractivity contribution in [2.45, 2.75) is 45.6 Å². The number of carbonyl (C=O) groups excluding carboxylic acids is 2. The summed E-state index contributed by atoms with van der Waals surface area (Å²) in [6.07, 6.45) is -2.03. The minimum Gasteiger partial charge on any atom is -0.471 e. The number of ketones is 1. The molecular formula is C20H21F4N3O3. The first-order valence-corrected chi connectivity index (χ1v) is 9.12. The highest BCUT2D eigenvalue weighted by molar-refractivity contribution is 5.94. The Morgan fingerprint density at radius 1 is 1.23 bits per heavy atom. The molecule has 1 N–H and O–H groups in total. The van der Waals surface area contributed by atoms with Gasteiger partial charge in [-0.25, -0.2) is 13.8 Å². The number of nitrogens with zero attached hydrogens (tertiary/aromatic N) is 2. The van der Waals surface area contributed by atoms with Crippen molar-refractivity contribution in [2.75, 3.05) is 6.61 Å². The Morgan fingerprint density at radius 3 is 2.57 bits per heavy atom. The minimum absolute atomic E-state index is 0.0131. The normalized spacial score (nSPS) is 11.4. The Balaban J connectivity index is 1.94. The van der Waals surface area contributed by atoms with Crippen molar-refractivity contribution in [3.63, 3.8) is 0 Å². The highest BCUT2D eigenvalue weighted by Gasteiger charge is 2.41. The summed E-state index contributed by atoms with van der Waals surface area (Å²) in [4.78, 5) is 32.0. The van der Waals surface area contributed by atoms with Crippen LogP contribution in [0.3, 0.4) is 0 Å². The number of hydrogen-bond donors (Lipinski definition) is 1. The van der Waals surface area contributed by atoms with Gasteiger partial charge in [-0.3, -0.25) is 14.6 Å². The molecule has 0 fully saturated rings. The van der Waals surface area contributed by atoms with Gasteiger partial charge in [0.2, 0.25) is 5.88 Å². The van der Waals surface area contributed by atoms with Crippen molar-refractivity contribution in [3.8, 4) is 5.88 Å². The highest BCUT2D eigenvalue weighted by atomic mass is 19.3. The van der Waals surface area contributed by atoms with Gasteiger partial charge in [0.05, 0.1) is 0 Å². The number of nitrogens with one attached hydrogen (secondary N) is 1. The van der Waals surface area contributed by atoms with Crippen molar-refractivity contribution < 1.29 is 31.9 Å². The minimum atomic E-state index is -4.27. The van der Waals surface area contributed by atoms with E-state index in [9.17, 15) is 27.2 Å². The molecule has 0 bridgehead atoms. The maximum Gasteiger partial charge on any atom is 0.340 e. The molecule has 1 amide bonds. The van der Waals surface area contributed by atoms with Gasteiger partial charge in [-0.15, -0.1) is 0 Å². The van der Waals surface area contributed by atoms with Gasteiger partial charge in [-0.1, -0.05) is 13.0 Å². The molecule has 0 aliphatic rings. The van der Waals surface area contributed by atoms with E-state index in [2.05, 4.69) is 20.0 Å². The number of alkyl halides is 4. The van der Waals surface area contributed by atoms with Crippen LogP contribution in [0.5, 0.6) is 5.88 Å². The summed E-state index contributed by atoms with van der Waals surface area (Å²) in [6.45, 7) is 2.07. The first-order valence-electron chi connectivity index (χ1n) is 9.12. The molecule has 10 heteroatoms. The molecule has 0 unspecified atom stereocenters. The van der Waals surface area contributed by atoms with Crippen LogP contribution in [0.15, 0.2) is 30.5 Å². The van der Waals surface area contributed by atoms with E-state index in [-0.39, 0.29) is 30.5 Å². The molecule has 0 aromatic carbocycles. The fraction of sp³-hybridized carbons (Fsp3) is 0.400. The first-order chi connectivity index (χ1) is 14.1. The molecule has 6 nitrogen and oxygen atoms in total. The fourth-order valence-corrected chi connectivity index (χ4v) is 2.40. The van der Waals surface area contributed by atoms with Crippen LogP contribution < -0.4 is 10.1 Å². The number of aryl methyl sites for hydroxylation is 1. The topological polar surface area (TPSA) is 81.2 Å². The van der Waals surface area contributed by atoms with Gasteiger partial charge >= 0.3 is 12.3 Å². The number of hydrogen-bond acceptors (Lipinski definition) is 5. The zero-order valence-corrected chi connectivity index (χ0v) is 16.4. The number of Topliss-reactive ketones (excluding diaryl/α,β-unsaturated/α-hetero) is 1. The van der Waals surface area contributed by atoms with E-state index >= 15 is 0 Å². The van der Waals surface area contributed by atoms with Crippen LogP contribution in [-0.2, 0) is 17.8 Å². The highest BCUT2D eigenvalue weighted by Crippen LogP contribution is 2.23. The van der Waals surface area contributed by atoms with Gasteiger partial charge in [0.15, 0.2) is 6.61 Å². The van der Waals surface area contributed by atoms with Crippen molar-refractivity contribution in [3.05, 3.63) is 53.0 Å². The molecule has 0 atom stereocenters. The maximum absolute atomic E-state index is 12.9. The number of ether oxygens (including phenoxy) is 1. The number of halogens is 4. The molecule has 0 radical (unpaired) electrons. The van der Waals surface area contributed by atoms with E-state index in [0.29, 0.717) is 28.9 Å². The smallest absolute Gasteiger partial charge is 0.340 e. The predicted molar refractivity (Wildman–Crippen MR) is 99.8 cm³/mol. The Labute approximate surface area is 170 Å². The van der Waals surface area contributed by atoms with Gasteiger partial charge in [0.1, 0.15) is 5.78 Å². The molecule has 0 aliphatic heterocycles. The lowest BCUT2D eigenvalue weighted by Crippen LogP contribution is -2.33. The standard InChI is InChI=1S/C20H21F4N3O3/c1-3-16(28)8-15-7-14(6-12(2)27-15)18(29)26-10-13-4-5-17(25-9-13)30-11-20(23,24)19(21)22/h4-7,9,19H,3,8,10-11H2,1-2H3,(H,26,29). The maximum atomic E-state index is 12.9. The Bertz CT molecular complexity index is 889. The third-order valence-electron chi connectivity index (χ3n) is 4.02. The Kier molecular flexibility index (Phi) is 7.85. The third kappa shape index (κ3) is 6.78. The summed E-state index contributed by atoms with van der Waals surface area (Å²) in [5.41, 5.74) is 2.01. The van der Waals surface area contributed by atoms with E-state index in [1.807, 2.05) is 0 Å². The predicted octanol–water partition coefficient (Wildman–Crippen LogP) is 3.52.